The van der Waals surface area contributed by atoms with E-state index in [9.17, 15) is 28.0 Å². The number of rotatable bonds is 9. The Kier molecular flexibility index (Phi) is 10.8. The number of morpholine rings is 1. The van der Waals surface area contributed by atoms with E-state index in [1.165, 1.54) is 19.8 Å². The van der Waals surface area contributed by atoms with E-state index in [0.717, 1.165) is 83.6 Å². The normalized spacial score (nSPS) is 23.0. The molecule has 2 aliphatic carbocycles. The third-order valence-corrected chi connectivity index (χ3v) is 13.5. The van der Waals surface area contributed by atoms with Crippen LogP contribution in [0.3, 0.4) is 0 Å². The lowest BCUT2D eigenvalue weighted by molar-refractivity contribution is -0.135. The molecule has 5 aromatic rings. The molecule has 1 spiro atoms. The molecule has 330 valence electrons. The van der Waals surface area contributed by atoms with Gasteiger partial charge >= 0.3 is 5.69 Å². The number of piperazine rings is 1. The number of imide groups is 1. The molecule has 1 aromatic carbocycles. The molecule has 2 N–H and O–H groups in total. The number of para-hydroxylation sites is 1. The van der Waals surface area contributed by atoms with E-state index in [1.807, 2.05) is 24.3 Å². The molecular weight excluding hydrogens is 815 g/mol. The summed E-state index contributed by atoms with van der Waals surface area (Å²) >= 11 is 0. The van der Waals surface area contributed by atoms with Gasteiger partial charge in [0.2, 0.25) is 11.8 Å². The second-order valence-corrected chi connectivity index (χ2v) is 17.6. The van der Waals surface area contributed by atoms with Gasteiger partial charge in [0.15, 0.2) is 11.3 Å². The average molecular weight is 865 g/mol. The standard InChI is InChI=1S/C44H50F2N12O5/c1-52-38-29(4-2-6-33(38)58(43(52)62)34-11-12-36(59)50-42(34)61)5-3-16-53-18-20-54(21-19-53)25-28-7-9-30(10-8-28)57-26-32(37(51-57)39(45)46)48-41(60)31-24-47-56-17-13-35(49-40(31)56)55-22-23-63-44(27-55)14-15-44/h2,4,6,13,17,24,26,28,30,34,39H,7-12,14-16,18-23,25,27H2,1H3,(H,48,60)(H,50,59,61)/t28-,30-,34?. The van der Waals surface area contributed by atoms with Crippen LogP contribution in [0.1, 0.15) is 91.5 Å². The molecule has 1 unspecified atom stereocenters. The van der Waals surface area contributed by atoms with Gasteiger partial charge in [-0.2, -0.15) is 10.2 Å². The zero-order chi connectivity index (χ0) is 43.4. The van der Waals surface area contributed by atoms with Crippen molar-refractivity contribution < 1.29 is 27.9 Å². The van der Waals surface area contributed by atoms with Gasteiger partial charge < -0.3 is 19.9 Å². The zero-order valence-electron chi connectivity index (χ0n) is 35.1. The summed E-state index contributed by atoms with van der Waals surface area (Å²) in [4.78, 5) is 62.9. The topological polar surface area (TPSA) is 169 Å². The number of ether oxygens (including phenoxy) is 1. The largest absolute Gasteiger partial charge is 0.371 e. The molecule has 3 aliphatic heterocycles. The number of benzene rings is 1. The van der Waals surface area contributed by atoms with Gasteiger partial charge in [0.05, 0.1) is 53.3 Å². The lowest BCUT2D eigenvalue weighted by Gasteiger charge is -2.37. The summed E-state index contributed by atoms with van der Waals surface area (Å²) in [5.41, 5.74) is 1.65. The lowest BCUT2D eigenvalue weighted by atomic mass is 9.85. The molecule has 4 aromatic heterocycles. The fraction of sp³-hybridized carbons (Fsp3) is 0.523. The zero-order valence-corrected chi connectivity index (χ0v) is 35.1. The Morgan fingerprint density at radius 1 is 1.03 bits per heavy atom. The predicted molar refractivity (Wildman–Crippen MR) is 228 cm³/mol. The van der Waals surface area contributed by atoms with Crippen molar-refractivity contribution in [2.75, 3.05) is 69.2 Å². The Bertz CT molecular complexity index is 2710. The Hall–Kier alpha value is -5.97. The number of carbonyl (C=O) groups is 3. The Morgan fingerprint density at radius 2 is 1.83 bits per heavy atom. The van der Waals surface area contributed by atoms with Gasteiger partial charge in [-0.1, -0.05) is 17.9 Å². The van der Waals surface area contributed by atoms with Crippen LogP contribution in [-0.4, -0.2) is 126 Å². The van der Waals surface area contributed by atoms with E-state index in [2.05, 4.69) is 47.4 Å². The van der Waals surface area contributed by atoms with Crippen LogP contribution >= 0.6 is 0 Å². The molecule has 19 heteroatoms. The van der Waals surface area contributed by atoms with Crippen LogP contribution in [0.4, 0.5) is 20.3 Å². The van der Waals surface area contributed by atoms with E-state index in [1.54, 1.807) is 24.1 Å². The summed E-state index contributed by atoms with van der Waals surface area (Å²) < 4.78 is 40.7. The summed E-state index contributed by atoms with van der Waals surface area (Å²) in [7, 11) is 1.68. The number of carbonyl (C=O) groups excluding carboxylic acids is 3. The first-order chi connectivity index (χ1) is 30.5. The number of imidazole rings is 1. The Morgan fingerprint density at radius 3 is 2.59 bits per heavy atom. The maximum Gasteiger partial charge on any atom is 0.329 e. The van der Waals surface area contributed by atoms with E-state index >= 15 is 0 Å². The van der Waals surface area contributed by atoms with Crippen LogP contribution in [0, 0.1) is 17.8 Å². The van der Waals surface area contributed by atoms with E-state index in [4.69, 9.17) is 9.72 Å². The first-order valence-electron chi connectivity index (χ1n) is 21.9. The highest BCUT2D eigenvalue weighted by molar-refractivity contribution is 6.08. The van der Waals surface area contributed by atoms with Gasteiger partial charge in [-0.25, -0.2) is 23.1 Å². The third-order valence-electron chi connectivity index (χ3n) is 13.5. The second kappa shape index (κ2) is 16.6. The molecule has 5 fully saturated rings. The maximum atomic E-state index is 14.3. The van der Waals surface area contributed by atoms with Crippen molar-refractivity contribution in [2.45, 2.75) is 75.5 Å². The van der Waals surface area contributed by atoms with E-state index < -0.39 is 30.0 Å². The first-order valence-corrected chi connectivity index (χ1v) is 21.9. The smallest absolute Gasteiger partial charge is 0.329 e. The SMILES string of the molecule is Cn1c(=O)n(C2CCC(=O)NC2=O)c2cccc(C#CCN3CCN(C[C@H]4CC[C@H](n5cc(NC(=O)c6cnn7ccc(N8CCOC9(CC9)C8)nc67)c(C(F)F)n5)CC4)CC3)c21. The number of nitrogens with one attached hydrogen (secondary N) is 2. The van der Waals surface area contributed by atoms with Crippen molar-refractivity contribution in [1.82, 2.24) is 48.6 Å². The molecule has 17 nitrogen and oxygen atoms in total. The number of piperidine rings is 1. The molecule has 3 amide bonds. The van der Waals surface area contributed by atoms with Crippen LogP contribution in [0.15, 0.2) is 47.7 Å². The highest BCUT2D eigenvalue weighted by atomic mass is 19.3. The summed E-state index contributed by atoms with van der Waals surface area (Å²) in [5, 5.41) is 13.6. The Labute approximate surface area is 361 Å². The third kappa shape index (κ3) is 8.11. The molecule has 3 saturated heterocycles. The number of alkyl halides is 2. The van der Waals surface area contributed by atoms with Gasteiger partial charge in [-0.3, -0.25) is 38.4 Å². The van der Waals surface area contributed by atoms with Crippen molar-refractivity contribution in [3.63, 3.8) is 0 Å². The van der Waals surface area contributed by atoms with Crippen molar-refractivity contribution in [3.05, 3.63) is 70.2 Å². The quantitative estimate of drug-likeness (QED) is 0.164. The molecule has 1 atom stereocenters. The van der Waals surface area contributed by atoms with Crippen molar-refractivity contribution >= 4 is 45.9 Å². The fourth-order valence-corrected chi connectivity index (χ4v) is 9.82. The number of hydrogen-bond donors (Lipinski definition) is 2. The highest BCUT2D eigenvalue weighted by Crippen LogP contribution is 2.43. The molecule has 7 heterocycles. The number of anilines is 2. The van der Waals surface area contributed by atoms with Gasteiger partial charge in [0.25, 0.3) is 12.3 Å². The number of fused-ring (bicyclic) bond motifs is 2. The number of aryl methyl sites for hydroxylation is 1. The van der Waals surface area contributed by atoms with Crippen LogP contribution < -0.4 is 21.2 Å². The molecule has 0 radical (unpaired) electrons. The van der Waals surface area contributed by atoms with Crippen LogP contribution in [0.2, 0.25) is 0 Å². The summed E-state index contributed by atoms with van der Waals surface area (Å²) in [6.07, 6.45) is 7.83. The van der Waals surface area contributed by atoms with Gasteiger partial charge in [-0.05, 0) is 69.1 Å². The van der Waals surface area contributed by atoms with Gasteiger partial charge in [0, 0.05) is 71.7 Å². The number of hydrogen-bond acceptors (Lipinski definition) is 11. The second-order valence-electron chi connectivity index (χ2n) is 17.6. The van der Waals surface area contributed by atoms with Crippen molar-refractivity contribution in [3.8, 4) is 11.8 Å². The minimum absolute atomic E-state index is 0.00872. The minimum atomic E-state index is -2.86. The number of halogens is 2. The molecule has 63 heavy (non-hydrogen) atoms. The number of amides is 3. The van der Waals surface area contributed by atoms with Crippen molar-refractivity contribution in [2.24, 2.45) is 13.0 Å². The van der Waals surface area contributed by atoms with E-state index in [-0.39, 0.29) is 47.3 Å². The molecule has 10 rings (SSSR count). The van der Waals surface area contributed by atoms with Crippen LogP contribution in [-0.2, 0) is 21.4 Å². The lowest BCUT2D eigenvalue weighted by Crippen LogP contribution is -2.48. The van der Waals surface area contributed by atoms with E-state index in [0.29, 0.717) is 47.9 Å². The first kappa shape index (κ1) is 41.1. The number of nitrogens with zero attached hydrogens (tertiary/aromatic N) is 10. The monoisotopic (exact) mass is 864 g/mol. The summed E-state index contributed by atoms with van der Waals surface area (Å²) in [6.45, 7) is 7.16. The molecule has 2 saturated carbocycles. The Balaban J connectivity index is 0.717. The van der Waals surface area contributed by atoms with Crippen molar-refractivity contribution in [1.29, 1.82) is 0 Å². The van der Waals surface area contributed by atoms with Crippen LogP contribution in [0.5, 0.6) is 0 Å². The molecule has 5 aliphatic rings. The van der Waals surface area contributed by atoms with Crippen LogP contribution in [0.25, 0.3) is 16.7 Å². The molecular formula is C44H50F2N12O5. The average Bonchev–Trinajstić information content (AvgIpc) is 3.56. The summed E-state index contributed by atoms with van der Waals surface area (Å²) in [6, 6.07) is 6.58. The number of aromatic nitrogens is 7. The fourth-order valence-electron chi connectivity index (χ4n) is 9.82. The minimum Gasteiger partial charge on any atom is -0.371 e. The summed E-state index contributed by atoms with van der Waals surface area (Å²) in [5.74, 6) is 6.41. The van der Waals surface area contributed by atoms with Gasteiger partial charge in [0.1, 0.15) is 17.4 Å². The predicted octanol–water partition coefficient (Wildman–Crippen LogP) is 3.52. The highest BCUT2D eigenvalue weighted by Gasteiger charge is 2.47. The molecule has 0 bridgehead atoms. The maximum absolute atomic E-state index is 14.3. The van der Waals surface area contributed by atoms with Gasteiger partial charge in [-0.15, -0.1) is 0 Å².